The lowest BCUT2D eigenvalue weighted by molar-refractivity contribution is 0.251. The SMILES string of the molecule is COc1ccccc1-n1c(C)cc(CNC(=O)Nc2ccccc2F)c1C. The summed E-state index contributed by atoms with van der Waals surface area (Å²) < 4.78 is 21.2. The Morgan fingerprint density at radius 3 is 2.56 bits per heavy atom. The third kappa shape index (κ3) is 3.95. The molecule has 0 aliphatic heterocycles. The number of methoxy groups -OCH3 is 1. The Hall–Kier alpha value is -3.28. The van der Waals surface area contributed by atoms with Crippen LogP contribution in [0.15, 0.2) is 54.6 Å². The van der Waals surface area contributed by atoms with Crippen LogP contribution in [0.1, 0.15) is 17.0 Å². The van der Waals surface area contributed by atoms with Crippen LogP contribution in [0, 0.1) is 19.7 Å². The molecule has 0 saturated heterocycles. The van der Waals surface area contributed by atoms with Crippen molar-refractivity contribution in [3.63, 3.8) is 0 Å². The minimum atomic E-state index is -0.470. The van der Waals surface area contributed by atoms with E-state index in [-0.39, 0.29) is 5.69 Å². The Kier molecular flexibility index (Phi) is 5.45. The van der Waals surface area contributed by atoms with E-state index in [1.807, 2.05) is 44.2 Å². The van der Waals surface area contributed by atoms with E-state index >= 15 is 0 Å². The Morgan fingerprint density at radius 2 is 1.81 bits per heavy atom. The molecule has 6 heteroatoms. The number of aryl methyl sites for hydroxylation is 1. The number of rotatable bonds is 5. The highest BCUT2D eigenvalue weighted by molar-refractivity contribution is 5.89. The van der Waals surface area contributed by atoms with Crippen LogP contribution < -0.4 is 15.4 Å². The number of aromatic nitrogens is 1. The van der Waals surface area contributed by atoms with E-state index in [0.717, 1.165) is 28.4 Å². The number of hydrogen-bond donors (Lipinski definition) is 2. The highest BCUT2D eigenvalue weighted by atomic mass is 19.1. The van der Waals surface area contributed by atoms with Crippen molar-refractivity contribution in [3.8, 4) is 11.4 Å². The van der Waals surface area contributed by atoms with Gasteiger partial charge in [-0.3, -0.25) is 0 Å². The largest absolute Gasteiger partial charge is 0.495 e. The molecular weight excluding hydrogens is 345 g/mol. The number of benzene rings is 2. The van der Waals surface area contributed by atoms with Gasteiger partial charge in [0.1, 0.15) is 11.6 Å². The molecule has 0 bridgehead atoms. The van der Waals surface area contributed by atoms with Gasteiger partial charge in [0, 0.05) is 17.9 Å². The van der Waals surface area contributed by atoms with Crippen LogP contribution in [-0.2, 0) is 6.54 Å². The predicted octanol–water partition coefficient (Wildman–Crippen LogP) is 4.56. The van der Waals surface area contributed by atoms with E-state index in [1.165, 1.54) is 12.1 Å². The molecule has 0 radical (unpaired) electrons. The summed E-state index contributed by atoms with van der Waals surface area (Å²) in [5, 5.41) is 5.29. The Balaban J connectivity index is 1.75. The second kappa shape index (κ2) is 7.95. The molecule has 0 aliphatic rings. The normalized spacial score (nSPS) is 10.5. The first-order chi connectivity index (χ1) is 13.0. The summed E-state index contributed by atoms with van der Waals surface area (Å²) >= 11 is 0. The van der Waals surface area contributed by atoms with Crippen LogP contribution in [0.4, 0.5) is 14.9 Å². The minimum absolute atomic E-state index is 0.148. The fourth-order valence-corrected chi connectivity index (χ4v) is 3.10. The smallest absolute Gasteiger partial charge is 0.319 e. The highest BCUT2D eigenvalue weighted by Gasteiger charge is 2.14. The first-order valence-corrected chi connectivity index (χ1v) is 8.62. The second-order valence-electron chi connectivity index (χ2n) is 6.19. The number of ether oxygens (including phenoxy) is 1. The van der Waals surface area contributed by atoms with E-state index in [4.69, 9.17) is 4.74 Å². The van der Waals surface area contributed by atoms with Crippen LogP contribution >= 0.6 is 0 Å². The van der Waals surface area contributed by atoms with Crippen LogP contribution in [0.2, 0.25) is 0 Å². The number of nitrogens with one attached hydrogen (secondary N) is 2. The lowest BCUT2D eigenvalue weighted by atomic mass is 10.2. The Labute approximate surface area is 157 Å². The molecule has 3 rings (SSSR count). The monoisotopic (exact) mass is 367 g/mol. The standard InChI is InChI=1S/C21H22FN3O2/c1-14-12-16(13-23-21(26)24-18-9-5-4-8-17(18)22)15(2)25(14)19-10-6-7-11-20(19)27-3/h4-12H,13H2,1-3H3,(H2,23,24,26). The molecule has 140 valence electrons. The number of carbonyl (C=O) groups is 1. The Morgan fingerprint density at radius 1 is 1.11 bits per heavy atom. The van der Waals surface area contributed by atoms with E-state index in [0.29, 0.717) is 6.54 Å². The molecule has 1 heterocycles. The van der Waals surface area contributed by atoms with Crippen molar-refractivity contribution in [3.05, 3.63) is 77.4 Å². The zero-order valence-electron chi connectivity index (χ0n) is 15.5. The van der Waals surface area contributed by atoms with Crippen LogP contribution in [0.25, 0.3) is 5.69 Å². The number of para-hydroxylation sites is 3. The molecule has 2 amide bonds. The maximum Gasteiger partial charge on any atom is 0.319 e. The lowest BCUT2D eigenvalue weighted by Gasteiger charge is -2.14. The third-order valence-electron chi connectivity index (χ3n) is 4.42. The molecule has 3 aromatic rings. The van der Waals surface area contributed by atoms with Crippen molar-refractivity contribution in [2.75, 3.05) is 12.4 Å². The fraction of sp³-hybridized carbons (Fsp3) is 0.190. The van der Waals surface area contributed by atoms with Gasteiger partial charge >= 0.3 is 6.03 Å². The summed E-state index contributed by atoms with van der Waals surface area (Å²) in [5.74, 6) is 0.304. The molecular formula is C21H22FN3O2. The molecule has 0 aliphatic carbocycles. The van der Waals surface area contributed by atoms with Crippen molar-refractivity contribution in [1.29, 1.82) is 0 Å². The molecule has 5 nitrogen and oxygen atoms in total. The molecule has 0 unspecified atom stereocenters. The second-order valence-corrected chi connectivity index (χ2v) is 6.19. The molecule has 27 heavy (non-hydrogen) atoms. The van der Waals surface area contributed by atoms with Crippen LogP contribution in [0.5, 0.6) is 5.75 Å². The molecule has 2 aromatic carbocycles. The zero-order chi connectivity index (χ0) is 19.4. The first kappa shape index (κ1) is 18.5. The Bertz CT molecular complexity index is 966. The van der Waals surface area contributed by atoms with Gasteiger partial charge in [-0.25, -0.2) is 9.18 Å². The van der Waals surface area contributed by atoms with Crippen molar-refractivity contribution in [1.82, 2.24) is 9.88 Å². The van der Waals surface area contributed by atoms with Gasteiger partial charge in [-0.05, 0) is 49.7 Å². The van der Waals surface area contributed by atoms with Crippen molar-refractivity contribution in [2.24, 2.45) is 0 Å². The average molecular weight is 367 g/mol. The number of anilines is 1. The number of carbonyl (C=O) groups excluding carboxylic acids is 1. The van der Waals surface area contributed by atoms with Gasteiger partial charge in [0.15, 0.2) is 0 Å². The van der Waals surface area contributed by atoms with Gasteiger partial charge in [0.25, 0.3) is 0 Å². The van der Waals surface area contributed by atoms with Gasteiger partial charge in [0.05, 0.1) is 18.5 Å². The number of hydrogen-bond acceptors (Lipinski definition) is 2. The lowest BCUT2D eigenvalue weighted by Crippen LogP contribution is -2.28. The maximum absolute atomic E-state index is 13.6. The summed E-state index contributed by atoms with van der Waals surface area (Å²) in [6.07, 6.45) is 0. The average Bonchev–Trinajstić information content (AvgIpc) is 2.95. The first-order valence-electron chi connectivity index (χ1n) is 8.62. The molecule has 1 aromatic heterocycles. The van der Waals surface area contributed by atoms with Gasteiger partial charge in [-0.15, -0.1) is 0 Å². The fourth-order valence-electron chi connectivity index (χ4n) is 3.10. The highest BCUT2D eigenvalue weighted by Crippen LogP contribution is 2.27. The van der Waals surface area contributed by atoms with Crippen molar-refractivity contribution >= 4 is 11.7 Å². The number of nitrogens with zero attached hydrogens (tertiary/aromatic N) is 1. The van der Waals surface area contributed by atoms with Gasteiger partial charge < -0.3 is 19.9 Å². The van der Waals surface area contributed by atoms with E-state index in [1.54, 1.807) is 19.2 Å². The van der Waals surface area contributed by atoms with E-state index in [2.05, 4.69) is 15.2 Å². The van der Waals surface area contributed by atoms with E-state index < -0.39 is 11.8 Å². The number of amides is 2. The molecule has 0 atom stereocenters. The van der Waals surface area contributed by atoms with Crippen LogP contribution in [0.3, 0.4) is 0 Å². The van der Waals surface area contributed by atoms with E-state index in [9.17, 15) is 9.18 Å². The summed E-state index contributed by atoms with van der Waals surface area (Å²) in [6, 6.07) is 15.4. The summed E-state index contributed by atoms with van der Waals surface area (Å²) in [4.78, 5) is 12.1. The molecule has 0 spiro atoms. The predicted molar refractivity (Wildman–Crippen MR) is 104 cm³/mol. The molecule has 2 N–H and O–H groups in total. The minimum Gasteiger partial charge on any atom is -0.495 e. The van der Waals surface area contributed by atoms with Gasteiger partial charge in [-0.2, -0.15) is 0 Å². The summed E-state index contributed by atoms with van der Waals surface area (Å²) in [5.41, 5.74) is 4.10. The summed E-state index contributed by atoms with van der Waals surface area (Å²) in [6.45, 7) is 4.32. The maximum atomic E-state index is 13.6. The van der Waals surface area contributed by atoms with Crippen molar-refractivity contribution in [2.45, 2.75) is 20.4 Å². The molecule has 0 fully saturated rings. The summed E-state index contributed by atoms with van der Waals surface area (Å²) in [7, 11) is 1.64. The molecule has 0 saturated carbocycles. The number of halogens is 1. The van der Waals surface area contributed by atoms with Gasteiger partial charge in [-0.1, -0.05) is 24.3 Å². The zero-order valence-corrected chi connectivity index (χ0v) is 15.5. The quantitative estimate of drug-likeness (QED) is 0.694. The number of urea groups is 1. The van der Waals surface area contributed by atoms with Crippen molar-refractivity contribution < 1.29 is 13.9 Å². The third-order valence-corrected chi connectivity index (χ3v) is 4.42. The van der Waals surface area contributed by atoms with Crippen LogP contribution in [-0.4, -0.2) is 17.7 Å². The van der Waals surface area contributed by atoms with Gasteiger partial charge in [0.2, 0.25) is 0 Å². The topological polar surface area (TPSA) is 55.3 Å².